The van der Waals surface area contributed by atoms with E-state index in [4.69, 9.17) is 0 Å². The van der Waals surface area contributed by atoms with E-state index in [2.05, 4.69) is 16.0 Å². The maximum absolute atomic E-state index is 12.8. The number of amides is 1. The van der Waals surface area contributed by atoms with Crippen molar-refractivity contribution >= 4 is 28.8 Å². The maximum atomic E-state index is 12.8. The molecule has 0 fully saturated rings. The summed E-state index contributed by atoms with van der Waals surface area (Å²) in [4.78, 5) is 24.8. The molecular weight excluding hydrogens is 346 g/mol. The van der Waals surface area contributed by atoms with Crippen LogP contribution in [-0.2, 0) is 10.5 Å². The number of anilines is 3. The summed E-state index contributed by atoms with van der Waals surface area (Å²) < 4.78 is 0. The minimum absolute atomic E-state index is 0.126. The number of nitrogens with one attached hydrogen (secondary N) is 3. The molecule has 0 aromatic heterocycles. The number of aliphatic hydroxyl groups is 2. The van der Waals surface area contributed by atoms with Gasteiger partial charge in [-0.15, -0.1) is 0 Å². The van der Waals surface area contributed by atoms with Gasteiger partial charge in [0.1, 0.15) is 0 Å². The largest absolute Gasteiger partial charge is 0.363 e. The second-order valence-electron chi connectivity index (χ2n) is 7.40. The molecule has 0 saturated heterocycles. The molecule has 0 saturated carbocycles. The zero-order valence-corrected chi connectivity index (χ0v) is 15.3. The van der Waals surface area contributed by atoms with Crippen molar-refractivity contribution in [3.63, 3.8) is 0 Å². The SMILES string of the molecule is Cc1cc2c(cc1NC(=O)C(C)C)N[C@@]1(O)c3ccccc3C(=O)[C@]1(O)N2. The fourth-order valence-electron chi connectivity index (χ4n) is 3.57. The molecule has 2 aliphatic rings. The third kappa shape index (κ3) is 2.28. The van der Waals surface area contributed by atoms with Crippen molar-refractivity contribution in [2.75, 3.05) is 16.0 Å². The molecule has 4 rings (SSSR count). The summed E-state index contributed by atoms with van der Waals surface area (Å²) in [6.07, 6.45) is 0. The van der Waals surface area contributed by atoms with Crippen LogP contribution in [-0.4, -0.2) is 27.6 Å². The molecule has 2 aromatic rings. The average molecular weight is 367 g/mol. The molecule has 7 heteroatoms. The van der Waals surface area contributed by atoms with Crippen LogP contribution in [0.15, 0.2) is 36.4 Å². The average Bonchev–Trinajstić information content (AvgIpc) is 2.79. The highest BCUT2D eigenvalue weighted by Crippen LogP contribution is 2.50. The number of carbonyl (C=O) groups excluding carboxylic acids is 2. The molecule has 5 N–H and O–H groups in total. The van der Waals surface area contributed by atoms with E-state index in [1.54, 1.807) is 50.2 Å². The van der Waals surface area contributed by atoms with Gasteiger partial charge in [-0.3, -0.25) is 9.59 Å². The van der Waals surface area contributed by atoms with Crippen LogP contribution in [0.2, 0.25) is 0 Å². The third-order valence-corrected chi connectivity index (χ3v) is 5.19. The second kappa shape index (κ2) is 5.55. The molecule has 2 atom stereocenters. The van der Waals surface area contributed by atoms with Gasteiger partial charge in [0.15, 0.2) is 0 Å². The molecule has 1 heterocycles. The summed E-state index contributed by atoms with van der Waals surface area (Å²) in [6, 6.07) is 9.93. The van der Waals surface area contributed by atoms with E-state index < -0.39 is 17.2 Å². The van der Waals surface area contributed by atoms with E-state index in [0.717, 1.165) is 5.56 Å². The lowest BCUT2D eigenvalue weighted by Crippen LogP contribution is -2.63. The summed E-state index contributed by atoms with van der Waals surface area (Å²) in [5, 5.41) is 30.8. The number of benzene rings is 2. The first-order valence-corrected chi connectivity index (χ1v) is 8.78. The molecule has 0 bridgehead atoms. The van der Waals surface area contributed by atoms with Gasteiger partial charge in [0.25, 0.3) is 5.72 Å². The van der Waals surface area contributed by atoms with E-state index in [-0.39, 0.29) is 17.4 Å². The van der Waals surface area contributed by atoms with Crippen LogP contribution in [0.4, 0.5) is 17.1 Å². The first kappa shape index (κ1) is 17.5. The number of aryl methyl sites for hydroxylation is 1. The Hall–Kier alpha value is -2.90. The lowest BCUT2D eigenvalue weighted by atomic mass is 9.93. The topological polar surface area (TPSA) is 111 Å². The van der Waals surface area contributed by atoms with Gasteiger partial charge in [0.05, 0.1) is 11.4 Å². The summed E-state index contributed by atoms with van der Waals surface area (Å²) in [6.45, 7) is 5.41. The molecule has 1 amide bonds. The lowest BCUT2D eigenvalue weighted by molar-refractivity contribution is -0.118. The van der Waals surface area contributed by atoms with Gasteiger partial charge in [0.2, 0.25) is 17.4 Å². The van der Waals surface area contributed by atoms with Crippen molar-refractivity contribution in [3.05, 3.63) is 53.1 Å². The fourth-order valence-corrected chi connectivity index (χ4v) is 3.57. The van der Waals surface area contributed by atoms with Gasteiger partial charge in [-0.1, -0.05) is 38.1 Å². The van der Waals surface area contributed by atoms with E-state index in [9.17, 15) is 19.8 Å². The molecule has 0 spiro atoms. The molecule has 1 aliphatic carbocycles. The Balaban J connectivity index is 1.81. The summed E-state index contributed by atoms with van der Waals surface area (Å²) >= 11 is 0. The van der Waals surface area contributed by atoms with Crippen LogP contribution in [0.3, 0.4) is 0 Å². The van der Waals surface area contributed by atoms with Crippen LogP contribution < -0.4 is 16.0 Å². The van der Waals surface area contributed by atoms with Gasteiger partial charge < -0.3 is 26.2 Å². The van der Waals surface area contributed by atoms with Gasteiger partial charge in [-0.25, -0.2) is 0 Å². The van der Waals surface area contributed by atoms with E-state index in [1.807, 2.05) is 6.92 Å². The first-order chi connectivity index (χ1) is 12.7. The number of ketones is 1. The minimum atomic E-state index is -2.22. The van der Waals surface area contributed by atoms with Crippen molar-refractivity contribution in [1.29, 1.82) is 0 Å². The van der Waals surface area contributed by atoms with Crippen LogP contribution in [0.25, 0.3) is 0 Å². The number of fused-ring (bicyclic) bond motifs is 4. The first-order valence-electron chi connectivity index (χ1n) is 8.78. The van der Waals surface area contributed by atoms with Crippen molar-refractivity contribution < 1.29 is 19.8 Å². The van der Waals surface area contributed by atoms with Gasteiger partial charge in [-0.2, -0.15) is 0 Å². The highest BCUT2D eigenvalue weighted by Gasteiger charge is 2.65. The van der Waals surface area contributed by atoms with Crippen LogP contribution in [0, 0.1) is 12.8 Å². The number of carbonyl (C=O) groups is 2. The molecule has 27 heavy (non-hydrogen) atoms. The fraction of sp³-hybridized carbons (Fsp3) is 0.300. The summed E-state index contributed by atoms with van der Waals surface area (Å²) in [7, 11) is 0. The van der Waals surface area contributed by atoms with Gasteiger partial charge in [0, 0.05) is 22.7 Å². The highest BCUT2D eigenvalue weighted by molar-refractivity contribution is 6.11. The number of hydrogen-bond acceptors (Lipinski definition) is 6. The normalized spacial score (nSPS) is 25.2. The Bertz CT molecular complexity index is 987. The molecule has 140 valence electrons. The van der Waals surface area contributed by atoms with E-state index >= 15 is 0 Å². The Morgan fingerprint density at radius 2 is 1.70 bits per heavy atom. The van der Waals surface area contributed by atoms with E-state index in [0.29, 0.717) is 22.6 Å². The Labute approximate surface area is 156 Å². The predicted octanol–water partition coefficient (Wildman–Crippen LogP) is 2.16. The number of Topliss-reactive ketones (excluding diaryl/α,β-unsaturated/α-hetero) is 1. The van der Waals surface area contributed by atoms with Crippen molar-refractivity contribution in [1.82, 2.24) is 0 Å². The predicted molar refractivity (Wildman–Crippen MR) is 102 cm³/mol. The number of hydrogen-bond donors (Lipinski definition) is 5. The van der Waals surface area contributed by atoms with Gasteiger partial charge >= 0.3 is 0 Å². The van der Waals surface area contributed by atoms with Gasteiger partial charge in [-0.05, 0) is 24.6 Å². The smallest absolute Gasteiger partial charge is 0.254 e. The van der Waals surface area contributed by atoms with Crippen molar-refractivity contribution in [2.45, 2.75) is 32.2 Å². The van der Waals surface area contributed by atoms with Crippen LogP contribution >= 0.6 is 0 Å². The molecule has 2 aromatic carbocycles. The molecule has 1 aliphatic heterocycles. The monoisotopic (exact) mass is 367 g/mol. The highest BCUT2D eigenvalue weighted by atomic mass is 16.4. The van der Waals surface area contributed by atoms with Crippen LogP contribution in [0.5, 0.6) is 0 Å². The zero-order chi connectivity index (χ0) is 19.6. The van der Waals surface area contributed by atoms with Crippen molar-refractivity contribution in [2.24, 2.45) is 5.92 Å². The van der Waals surface area contributed by atoms with E-state index in [1.165, 1.54) is 0 Å². The van der Waals surface area contributed by atoms with Crippen molar-refractivity contribution in [3.8, 4) is 0 Å². The van der Waals surface area contributed by atoms with Crippen LogP contribution in [0.1, 0.15) is 35.3 Å². The summed E-state index contributed by atoms with van der Waals surface area (Å²) in [5.74, 6) is -0.910. The number of rotatable bonds is 2. The Morgan fingerprint density at radius 1 is 1.07 bits per heavy atom. The third-order valence-electron chi connectivity index (χ3n) is 5.19. The summed E-state index contributed by atoms with van der Waals surface area (Å²) in [5.41, 5.74) is -1.42. The lowest BCUT2D eigenvalue weighted by Gasteiger charge is -2.44. The zero-order valence-electron chi connectivity index (χ0n) is 15.3. The Morgan fingerprint density at radius 3 is 2.41 bits per heavy atom. The second-order valence-corrected chi connectivity index (χ2v) is 7.40. The molecular formula is C20H21N3O4. The minimum Gasteiger partial charge on any atom is -0.363 e. The standard InChI is InChI=1S/C20H21N3O4/c1-10(2)18(25)21-14-9-16-15(8-11(14)3)23-20(27)17(24)12-6-4-5-7-13(12)19(20,26)22-16/h4-10,22-23,26-27H,1-3H3,(H,21,25)/t19-,20-/m1/s1. The quantitative estimate of drug-likeness (QED) is 0.556. The maximum Gasteiger partial charge on any atom is 0.254 e. The molecule has 0 unspecified atom stereocenters. The molecule has 0 radical (unpaired) electrons. The molecule has 7 nitrogen and oxygen atoms in total. The Kier molecular flexibility index (Phi) is 3.60.